The molecular weight excluding hydrogens is 214 g/mol. The summed E-state index contributed by atoms with van der Waals surface area (Å²) in [4.78, 5) is 24.9. The van der Waals surface area contributed by atoms with Gasteiger partial charge in [0, 0.05) is 11.7 Å². The Kier molecular flexibility index (Phi) is 6.86. The van der Waals surface area contributed by atoms with E-state index >= 15 is 0 Å². The lowest BCUT2D eigenvalue weighted by Gasteiger charge is -2.09. The smallest absolute Gasteiger partial charge is 0.323 e. The van der Waals surface area contributed by atoms with Crippen LogP contribution in [0, 0.1) is 0 Å². The third-order valence-corrected chi connectivity index (χ3v) is 2.56. The van der Waals surface area contributed by atoms with Gasteiger partial charge < -0.3 is 11.3 Å². The van der Waals surface area contributed by atoms with Gasteiger partial charge in [0.05, 0.1) is 6.04 Å². The molecule has 0 saturated heterocycles. The van der Waals surface area contributed by atoms with Crippen molar-refractivity contribution in [1.29, 1.82) is 0 Å². The number of rotatable bonds is 6. The van der Waals surface area contributed by atoms with Crippen LogP contribution in [0.15, 0.2) is 0 Å². The normalized spacial score (nSPS) is 12.0. The second kappa shape index (κ2) is 7.34. The van der Waals surface area contributed by atoms with E-state index < -0.39 is 6.04 Å². The van der Waals surface area contributed by atoms with E-state index in [0.29, 0.717) is 0 Å². The quantitative estimate of drug-likeness (QED) is 0.410. The van der Waals surface area contributed by atoms with Crippen LogP contribution >= 0.6 is 11.8 Å². The molecule has 0 aliphatic heterocycles. The van der Waals surface area contributed by atoms with Gasteiger partial charge in [-0.3, -0.25) is 9.59 Å². The molecular formula is C9H15N3O2S. The molecule has 0 aromatic rings. The first kappa shape index (κ1) is 14.0. The third-order valence-electron chi connectivity index (χ3n) is 1.56. The molecule has 2 N–H and O–H groups in total. The number of carbonyl (C=O) groups excluding carboxylic acids is 2. The minimum absolute atomic E-state index is 0.112. The third kappa shape index (κ3) is 7.02. The Bertz CT molecular complexity index is 285. The van der Waals surface area contributed by atoms with Crippen LogP contribution in [-0.2, 0) is 9.59 Å². The van der Waals surface area contributed by atoms with Crippen LogP contribution in [0.3, 0.4) is 0 Å². The molecule has 0 amide bonds. The first-order valence-corrected chi connectivity index (χ1v) is 5.51. The van der Waals surface area contributed by atoms with E-state index in [4.69, 9.17) is 11.3 Å². The van der Waals surface area contributed by atoms with Crippen molar-refractivity contribution in [1.82, 2.24) is 0 Å². The zero-order valence-corrected chi connectivity index (χ0v) is 9.66. The Labute approximate surface area is 93.0 Å². The van der Waals surface area contributed by atoms with Gasteiger partial charge in [-0.05, 0) is 6.42 Å². The summed E-state index contributed by atoms with van der Waals surface area (Å²) in [5.41, 5.74) is 13.7. The summed E-state index contributed by atoms with van der Waals surface area (Å²) in [5.74, 6) is -0.338. The van der Waals surface area contributed by atoms with Crippen molar-refractivity contribution in [2.75, 3.05) is 0 Å². The maximum absolute atomic E-state index is 11.4. The predicted octanol–water partition coefficient (Wildman–Crippen LogP) is 0.632. The molecule has 0 aliphatic rings. The molecule has 0 spiro atoms. The Balaban J connectivity index is 3.92. The van der Waals surface area contributed by atoms with Crippen LogP contribution in [0.2, 0.25) is 0 Å². The molecule has 1 atom stereocenters. The van der Waals surface area contributed by atoms with Crippen LogP contribution < -0.4 is 5.73 Å². The molecule has 0 bridgehead atoms. The summed E-state index contributed by atoms with van der Waals surface area (Å²) in [5, 5.41) is 0.0805. The van der Waals surface area contributed by atoms with E-state index in [1.807, 2.05) is 13.8 Å². The zero-order chi connectivity index (χ0) is 11.8. The first-order chi connectivity index (χ1) is 6.97. The largest absolute Gasteiger partial charge is 0.361 e. The second-order valence-corrected chi connectivity index (χ2v) is 4.92. The summed E-state index contributed by atoms with van der Waals surface area (Å²) < 4.78 is 0. The zero-order valence-electron chi connectivity index (χ0n) is 8.84. The molecule has 6 heteroatoms. The van der Waals surface area contributed by atoms with E-state index in [0.717, 1.165) is 6.21 Å². The second-order valence-electron chi connectivity index (χ2n) is 3.34. The Morgan fingerprint density at radius 1 is 1.53 bits per heavy atom. The fraction of sp³-hybridized carbons (Fsp3) is 0.667. The van der Waals surface area contributed by atoms with Crippen molar-refractivity contribution in [3.63, 3.8) is 0 Å². The van der Waals surface area contributed by atoms with Gasteiger partial charge in [0.25, 0.3) is 0 Å². The lowest BCUT2D eigenvalue weighted by Crippen LogP contribution is -2.29. The summed E-state index contributed by atoms with van der Waals surface area (Å²) in [6.45, 7) is 3.80. The Hall–Kier alpha value is -0.970. The molecule has 15 heavy (non-hydrogen) atoms. The van der Waals surface area contributed by atoms with Gasteiger partial charge in [-0.2, -0.15) is 4.79 Å². The number of ketones is 1. The van der Waals surface area contributed by atoms with Crippen LogP contribution in [0.5, 0.6) is 0 Å². The Morgan fingerprint density at radius 2 is 2.13 bits per heavy atom. The number of carbonyl (C=O) groups is 2. The first-order valence-electron chi connectivity index (χ1n) is 4.63. The highest BCUT2D eigenvalue weighted by Crippen LogP contribution is 2.14. The molecule has 84 valence electrons. The summed E-state index contributed by atoms with van der Waals surface area (Å²) in [6.07, 6.45) is 1.21. The molecule has 0 fully saturated rings. The highest BCUT2D eigenvalue weighted by Gasteiger charge is 2.17. The minimum Gasteiger partial charge on any atom is -0.361 e. The molecule has 5 nitrogen and oxygen atoms in total. The summed E-state index contributed by atoms with van der Waals surface area (Å²) in [6, 6.07) is -0.631. The summed E-state index contributed by atoms with van der Waals surface area (Å²) in [7, 11) is 0. The lowest BCUT2D eigenvalue weighted by molar-refractivity contribution is -0.116. The van der Waals surface area contributed by atoms with Crippen molar-refractivity contribution in [2.24, 2.45) is 5.73 Å². The van der Waals surface area contributed by atoms with E-state index in [-0.39, 0.29) is 29.0 Å². The number of hydrogen-bond acceptors (Lipinski definition) is 4. The van der Waals surface area contributed by atoms with E-state index in [1.165, 1.54) is 11.8 Å². The molecule has 0 aromatic carbocycles. The predicted molar refractivity (Wildman–Crippen MR) is 59.6 cm³/mol. The van der Waals surface area contributed by atoms with Gasteiger partial charge >= 0.3 is 6.21 Å². The molecule has 0 radical (unpaired) electrons. The van der Waals surface area contributed by atoms with Crippen molar-refractivity contribution >= 4 is 28.9 Å². The fourth-order valence-corrected chi connectivity index (χ4v) is 1.62. The fourth-order valence-electron chi connectivity index (χ4n) is 0.864. The number of hydrogen-bond donors (Lipinski definition) is 1. The average molecular weight is 229 g/mol. The van der Waals surface area contributed by atoms with Crippen LogP contribution in [-0.4, -0.2) is 33.2 Å². The Morgan fingerprint density at radius 3 is 2.60 bits per heavy atom. The molecule has 0 rings (SSSR count). The maximum Gasteiger partial charge on any atom is 0.323 e. The van der Waals surface area contributed by atoms with Crippen LogP contribution in [0.25, 0.3) is 5.53 Å². The lowest BCUT2D eigenvalue weighted by atomic mass is 10.1. The summed E-state index contributed by atoms with van der Waals surface area (Å²) >= 11 is 1.17. The molecule has 0 unspecified atom stereocenters. The van der Waals surface area contributed by atoms with Gasteiger partial charge in [-0.1, -0.05) is 25.6 Å². The van der Waals surface area contributed by atoms with Gasteiger partial charge in [0.2, 0.25) is 10.9 Å². The van der Waals surface area contributed by atoms with Crippen LogP contribution in [0.1, 0.15) is 26.7 Å². The average Bonchev–Trinajstić information content (AvgIpc) is 2.13. The molecule has 0 saturated carbocycles. The molecule has 0 aromatic heterocycles. The topological polar surface area (TPSA) is 96.6 Å². The van der Waals surface area contributed by atoms with E-state index in [2.05, 4.69) is 4.79 Å². The number of Topliss-reactive ketones (excluding diaryl/α,β-unsaturated/α-hetero) is 1. The van der Waals surface area contributed by atoms with Gasteiger partial charge in [-0.15, -0.1) is 0 Å². The molecule has 0 aliphatic carbocycles. The standard InChI is InChI=1S/C9H15N3O2S/c1-6(2)15-9(14)8(10)4-3-7(13)5-12-11/h5-6,8H,3-4,10H2,1-2H3/t8-/m0/s1. The maximum atomic E-state index is 11.4. The van der Waals surface area contributed by atoms with Crippen molar-refractivity contribution in [3.05, 3.63) is 5.53 Å². The SMILES string of the molecule is CC(C)SC(=O)[C@@H](N)CCC(=O)C=[N+]=[N-]. The number of thioether (sulfide) groups is 1. The van der Waals surface area contributed by atoms with E-state index in [9.17, 15) is 9.59 Å². The van der Waals surface area contributed by atoms with E-state index in [1.54, 1.807) is 0 Å². The number of nitrogens with zero attached hydrogens (tertiary/aromatic N) is 2. The highest BCUT2D eigenvalue weighted by molar-refractivity contribution is 8.14. The van der Waals surface area contributed by atoms with Crippen molar-refractivity contribution < 1.29 is 14.4 Å². The van der Waals surface area contributed by atoms with Gasteiger partial charge in [0.1, 0.15) is 0 Å². The van der Waals surface area contributed by atoms with Gasteiger partial charge in [0.15, 0.2) is 0 Å². The van der Waals surface area contributed by atoms with Crippen molar-refractivity contribution in [3.8, 4) is 0 Å². The van der Waals surface area contributed by atoms with Crippen LogP contribution in [0.4, 0.5) is 0 Å². The highest BCUT2D eigenvalue weighted by atomic mass is 32.2. The number of nitrogens with two attached hydrogens (primary N) is 1. The molecule has 0 heterocycles. The minimum atomic E-state index is -0.631. The van der Waals surface area contributed by atoms with Crippen molar-refractivity contribution in [2.45, 2.75) is 38.0 Å². The van der Waals surface area contributed by atoms with Gasteiger partial charge in [-0.25, -0.2) is 0 Å². The monoisotopic (exact) mass is 229 g/mol.